The highest BCUT2D eigenvalue weighted by Gasteiger charge is 2.11. The van der Waals surface area contributed by atoms with Crippen LogP contribution in [0.15, 0.2) is 5.38 Å². The molecular weight excluding hydrogens is 246 g/mol. The Balaban J connectivity index is 2.46. The highest BCUT2D eigenvalue weighted by atomic mass is 32.2. The maximum atomic E-state index is 11.6. The van der Waals surface area contributed by atoms with Crippen molar-refractivity contribution in [1.29, 1.82) is 0 Å². The number of nitrogens with zero attached hydrogens (tertiary/aromatic N) is 1. The van der Waals surface area contributed by atoms with Crippen LogP contribution < -0.4 is 0 Å². The van der Waals surface area contributed by atoms with E-state index in [1.54, 1.807) is 5.38 Å². The highest BCUT2D eigenvalue weighted by molar-refractivity contribution is 7.84. The number of carboxylic acid groups (broad SMARTS) is 1. The van der Waals surface area contributed by atoms with Crippen LogP contribution in [0, 0.1) is 5.92 Å². The van der Waals surface area contributed by atoms with Crippen LogP contribution in [-0.2, 0) is 16.6 Å². The molecule has 4 nitrogen and oxygen atoms in total. The van der Waals surface area contributed by atoms with Gasteiger partial charge in [-0.2, -0.15) is 0 Å². The molecule has 1 rings (SSSR count). The average Bonchev–Trinajstić information content (AvgIpc) is 2.63. The summed E-state index contributed by atoms with van der Waals surface area (Å²) in [6, 6.07) is 0. The molecule has 0 aliphatic heterocycles. The topological polar surface area (TPSA) is 67.3 Å². The summed E-state index contributed by atoms with van der Waals surface area (Å²) < 4.78 is 11.6. The minimum absolute atomic E-state index is 0.0656. The molecule has 6 heteroatoms. The number of carboxylic acids is 1. The monoisotopic (exact) mass is 261 g/mol. The van der Waals surface area contributed by atoms with Gasteiger partial charge in [-0.25, -0.2) is 9.78 Å². The van der Waals surface area contributed by atoms with Gasteiger partial charge in [0.25, 0.3) is 0 Å². The van der Waals surface area contributed by atoms with Crippen LogP contribution in [0.3, 0.4) is 0 Å². The maximum absolute atomic E-state index is 11.6. The first kappa shape index (κ1) is 13.3. The molecule has 1 atom stereocenters. The largest absolute Gasteiger partial charge is 0.476 e. The zero-order valence-corrected chi connectivity index (χ0v) is 10.9. The van der Waals surface area contributed by atoms with E-state index in [0.717, 1.165) is 17.8 Å². The molecule has 0 saturated carbocycles. The number of aromatic carboxylic acids is 1. The Morgan fingerprint density at radius 1 is 1.62 bits per heavy atom. The van der Waals surface area contributed by atoms with Crippen molar-refractivity contribution in [2.75, 3.05) is 5.75 Å². The number of carbonyl (C=O) groups is 1. The molecule has 0 aliphatic carbocycles. The van der Waals surface area contributed by atoms with Crippen LogP contribution in [0.1, 0.15) is 35.8 Å². The van der Waals surface area contributed by atoms with Gasteiger partial charge in [-0.3, -0.25) is 4.21 Å². The van der Waals surface area contributed by atoms with Gasteiger partial charge < -0.3 is 5.11 Å². The fraction of sp³-hybridized carbons (Fsp3) is 0.600. The normalized spacial score (nSPS) is 12.9. The molecule has 1 unspecified atom stereocenters. The van der Waals surface area contributed by atoms with Crippen molar-refractivity contribution < 1.29 is 14.1 Å². The lowest BCUT2D eigenvalue weighted by molar-refractivity contribution is 0.0696. The van der Waals surface area contributed by atoms with E-state index < -0.39 is 16.8 Å². The molecule has 1 aromatic heterocycles. The second-order valence-electron chi connectivity index (χ2n) is 3.92. The Bertz CT molecular complexity index is 387. The molecule has 1 aromatic rings. The van der Waals surface area contributed by atoms with Crippen molar-refractivity contribution >= 4 is 28.1 Å². The third-order valence-corrected chi connectivity index (χ3v) is 4.15. The van der Waals surface area contributed by atoms with Crippen LogP contribution in [0.5, 0.6) is 0 Å². The van der Waals surface area contributed by atoms with Gasteiger partial charge in [0.15, 0.2) is 0 Å². The first-order valence-corrected chi connectivity index (χ1v) is 7.38. The van der Waals surface area contributed by atoms with Crippen molar-refractivity contribution in [1.82, 2.24) is 4.98 Å². The quantitative estimate of drug-likeness (QED) is 0.852. The zero-order valence-electron chi connectivity index (χ0n) is 9.30. The van der Waals surface area contributed by atoms with Crippen molar-refractivity contribution in [3.63, 3.8) is 0 Å². The summed E-state index contributed by atoms with van der Waals surface area (Å²) in [6.07, 6.45) is 0.919. The number of aromatic nitrogens is 1. The lowest BCUT2D eigenvalue weighted by atomic mass is 10.2. The zero-order chi connectivity index (χ0) is 12.1. The average molecular weight is 261 g/mol. The second-order valence-corrected chi connectivity index (χ2v) is 6.35. The van der Waals surface area contributed by atoms with Gasteiger partial charge in [0.05, 0.1) is 11.4 Å². The van der Waals surface area contributed by atoms with E-state index in [4.69, 9.17) is 5.11 Å². The van der Waals surface area contributed by atoms with E-state index in [1.807, 2.05) is 0 Å². The Hall–Kier alpha value is -0.750. The molecule has 0 radical (unpaired) electrons. The summed E-state index contributed by atoms with van der Waals surface area (Å²) in [5.74, 6) is 0.520. The Labute approximate surface area is 101 Å². The first-order chi connectivity index (χ1) is 7.49. The molecule has 1 N–H and O–H groups in total. The van der Waals surface area contributed by atoms with Gasteiger partial charge in [-0.1, -0.05) is 13.8 Å². The maximum Gasteiger partial charge on any atom is 0.365 e. The SMILES string of the molecule is CC(C)CCS(=O)Cc1csc(C(=O)O)n1. The van der Waals surface area contributed by atoms with Crippen molar-refractivity contribution in [2.24, 2.45) is 5.92 Å². The van der Waals surface area contributed by atoms with E-state index in [0.29, 0.717) is 23.1 Å². The van der Waals surface area contributed by atoms with Crippen LogP contribution in [0.4, 0.5) is 0 Å². The third-order valence-electron chi connectivity index (χ3n) is 1.97. The van der Waals surface area contributed by atoms with Gasteiger partial charge in [0.1, 0.15) is 0 Å². The molecule has 90 valence electrons. The summed E-state index contributed by atoms with van der Waals surface area (Å²) in [5.41, 5.74) is 0.615. The smallest absolute Gasteiger partial charge is 0.365 e. The van der Waals surface area contributed by atoms with E-state index in [9.17, 15) is 9.00 Å². The number of hydrogen-bond acceptors (Lipinski definition) is 4. The van der Waals surface area contributed by atoms with Crippen LogP contribution in [-0.4, -0.2) is 26.0 Å². The van der Waals surface area contributed by atoms with E-state index in [2.05, 4.69) is 18.8 Å². The number of rotatable bonds is 6. The molecule has 16 heavy (non-hydrogen) atoms. The third kappa shape index (κ3) is 4.40. The van der Waals surface area contributed by atoms with Gasteiger partial charge in [0.2, 0.25) is 5.01 Å². The lowest BCUT2D eigenvalue weighted by Crippen LogP contribution is -2.04. The van der Waals surface area contributed by atoms with Crippen LogP contribution in [0.25, 0.3) is 0 Å². The van der Waals surface area contributed by atoms with Crippen LogP contribution in [0.2, 0.25) is 0 Å². The summed E-state index contributed by atoms with van der Waals surface area (Å²) in [4.78, 5) is 14.5. The summed E-state index contributed by atoms with van der Waals surface area (Å²) in [5, 5.41) is 10.4. The molecule has 0 fully saturated rings. The molecule has 0 saturated heterocycles. The molecular formula is C10H15NO3S2. The second kappa shape index (κ2) is 6.10. The lowest BCUT2D eigenvalue weighted by Gasteiger charge is -2.03. The fourth-order valence-corrected chi connectivity index (χ4v) is 3.19. The predicted molar refractivity (Wildman–Crippen MR) is 65.2 cm³/mol. The van der Waals surface area contributed by atoms with Crippen LogP contribution >= 0.6 is 11.3 Å². The molecule has 0 spiro atoms. The van der Waals surface area contributed by atoms with E-state index in [1.165, 1.54) is 0 Å². The highest BCUT2D eigenvalue weighted by Crippen LogP contribution is 2.12. The van der Waals surface area contributed by atoms with Gasteiger partial charge in [0, 0.05) is 21.9 Å². The van der Waals surface area contributed by atoms with Crippen molar-refractivity contribution in [3.8, 4) is 0 Å². The first-order valence-electron chi connectivity index (χ1n) is 5.01. The van der Waals surface area contributed by atoms with Crippen molar-refractivity contribution in [3.05, 3.63) is 16.1 Å². The number of thiazole rings is 1. The van der Waals surface area contributed by atoms with Gasteiger partial charge in [-0.05, 0) is 12.3 Å². The molecule has 0 amide bonds. The summed E-state index contributed by atoms with van der Waals surface area (Å²) in [7, 11) is -0.940. The molecule has 0 bridgehead atoms. The summed E-state index contributed by atoms with van der Waals surface area (Å²) in [6.45, 7) is 4.17. The van der Waals surface area contributed by atoms with Crippen molar-refractivity contribution in [2.45, 2.75) is 26.0 Å². The van der Waals surface area contributed by atoms with E-state index in [-0.39, 0.29) is 5.01 Å². The minimum Gasteiger partial charge on any atom is -0.476 e. The van der Waals surface area contributed by atoms with Gasteiger partial charge in [-0.15, -0.1) is 11.3 Å². The molecule has 1 heterocycles. The predicted octanol–water partition coefficient (Wildman–Crippen LogP) is 2.14. The Kier molecular flexibility index (Phi) is 5.08. The molecule has 0 aromatic carbocycles. The van der Waals surface area contributed by atoms with E-state index >= 15 is 0 Å². The Morgan fingerprint density at radius 3 is 2.81 bits per heavy atom. The molecule has 0 aliphatic rings. The Morgan fingerprint density at radius 2 is 2.31 bits per heavy atom. The fourth-order valence-electron chi connectivity index (χ4n) is 1.08. The number of hydrogen-bond donors (Lipinski definition) is 1. The minimum atomic E-state index is -1.02. The summed E-state index contributed by atoms with van der Waals surface area (Å²) >= 11 is 1.08. The standard InChI is InChI=1S/C10H15NO3S2/c1-7(2)3-4-16(14)6-8-5-15-9(11-8)10(12)13/h5,7H,3-4,6H2,1-2H3,(H,12,13). The van der Waals surface area contributed by atoms with Gasteiger partial charge >= 0.3 is 5.97 Å².